The van der Waals surface area contributed by atoms with Crippen LogP contribution in [0.3, 0.4) is 0 Å². The number of carbonyl (C=O) groups excluding carboxylic acids is 1. The number of benzene rings is 1. The molecule has 1 aromatic rings. The Morgan fingerprint density at radius 2 is 2.16 bits per heavy atom. The standard InChI is InChI=1S/C16H22N2O/c1-16(2)9-11(16)10-18-15(19)13-7-8-17-14-6-4-3-5-12(13)14/h3-6,11,13,17H,7-10H2,1-2H3,(H,18,19). The van der Waals surface area contributed by atoms with Gasteiger partial charge in [-0.25, -0.2) is 0 Å². The molecule has 1 aromatic carbocycles. The number of nitrogens with one attached hydrogen (secondary N) is 2. The highest BCUT2D eigenvalue weighted by Crippen LogP contribution is 2.51. The molecule has 0 bridgehead atoms. The minimum Gasteiger partial charge on any atom is -0.385 e. The zero-order chi connectivity index (χ0) is 13.5. The van der Waals surface area contributed by atoms with E-state index in [2.05, 4.69) is 36.6 Å². The summed E-state index contributed by atoms with van der Waals surface area (Å²) in [6.07, 6.45) is 2.12. The highest BCUT2D eigenvalue weighted by atomic mass is 16.1. The van der Waals surface area contributed by atoms with Gasteiger partial charge in [0.15, 0.2) is 0 Å². The van der Waals surface area contributed by atoms with Gasteiger partial charge in [-0.3, -0.25) is 4.79 Å². The minimum atomic E-state index is 0.0133. The predicted octanol–water partition coefficient (Wildman–Crippen LogP) is 2.75. The summed E-state index contributed by atoms with van der Waals surface area (Å²) in [6, 6.07) is 8.14. The quantitative estimate of drug-likeness (QED) is 0.875. The summed E-state index contributed by atoms with van der Waals surface area (Å²) in [5.74, 6) is 0.865. The van der Waals surface area contributed by atoms with E-state index in [9.17, 15) is 4.79 Å². The lowest BCUT2D eigenvalue weighted by molar-refractivity contribution is -0.122. The first-order valence-electron chi connectivity index (χ1n) is 7.18. The summed E-state index contributed by atoms with van der Waals surface area (Å²) in [6.45, 7) is 6.25. The van der Waals surface area contributed by atoms with E-state index in [1.807, 2.05) is 12.1 Å². The number of hydrogen-bond acceptors (Lipinski definition) is 2. The minimum absolute atomic E-state index is 0.0133. The molecule has 0 aromatic heterocycles. The van der Waals surface area contributed by atoms with Crippen molar-refractivity contribution in [3.63, 3.8) is 0 Å². The monoisotopic (exact) mass is 258 g/mol. The maximum Gasteiger partial charge on any atom is 0.227 e. The van der Waals surface area contributed by atoms with Crippen LogP contribution < -0.4 is 10.6 Å². The first kappa shape index (κ1) is 12.5. The average molecular weight is 258 g/mol. The van der Waals surface area contributed by atoms with Crippen LogP contribution in [0.2, 0.25) is 0 Å². The molecule has 3 rings (SSSR count). The van der Waals surface area contributed by atoms with Crippen LogP contribution in [-0.4, -0.2) is 19.0 Å². The summed E-state index contributed by atoms with van der Waals surface area (Å²) in [7, 11) is 0. The van der Waals surface area contributed by atoms with Gasteiger partial charge >= 0.3 is 0 Å². The Morgan fingerprint density at radius 3 is 2.89 bits per heavy atom. The van der Waals surface area contributed by atoms with Gasteiger partial charge in [-0.1, -0.05) is 32.0 Å². The molecule has 3 heteroatoms. The zero-order valence-electron chi connectivity index (χ0n) is 11.7. The van der Waals surface area contributed by atoms with E-state index in [-0.39, 0.29) is 11.8 Å². The summed E-state index contributed by atoms with van der Waals surface area (Å²) in [5.41, 5.74) is 2.68. The van der Waals surface area contributed by atoms with E-state index in [4.69, 9.17) is 0 Å². The molecule has 102 valence electrons. The summed E-state index contributed by atoms with van der Waals surface area (Å²) < 4.78 is 0. The van der Waals surface area contributed by atoms with E-state index < -0.39 is 0 Å². The molecular weight excluding hydrogens is 236 g/mol. The number of rotatable bonds is 3. The lowest BCUT2D eigenvalue weighted by Gasteiger charge is -2.26. The maximum absolute atomic E-state index is 12.4. The molecule has 2 N–H and O–H groups in total. The van der Waals surface area contributed by atoms with Crippen LogP contribution >= 0.6 is 0 Å². The fraction of sp³-hybridized carbons (Fsp3) is 0.562. The SMILES string of the molecule is CC1(C)CC1CNC(=O)C1CCNc2ccccc21. The molecule has 1 amide bonds. The molecule has 1 heterocycles. The van der Waals surface area contributed by atoms with Gasteiger partial charge in [0.1, 0.15) is 0 Å². The molecule has 2 atom stereocenters. The van der Waals surface area contributed by atoms with Crippen molar-refractivity contribution >= 4 is 11.6 Å². The third-order valence-electron chi connectivity index (χ3n) is 4.64. The van der Waals surface area contributed by atoms with Crippen molar-refractivity contribution in [2.75, 3.05) is 18.4 Å². The first-order chi connectivity index (χ1) is 9.08. The molecule has 2 unspecified atom stereocenters. The van der Waals surface area contributed by atoms with Crippen LogP contribution in [0, 0.1) is 11.3 Å². The van der Waals surface area contributed by atoms with E-state index >= 15 is 0 Å². The van der Waals surface area contributed by atoms with Crippen LogP contribution in [-0.2, 0) is 4.79 Å². The summed E-state index contributed by atoms with van der Waals surface area (Å²) >= 11 is 0. The fourth-order valence-corrected chi connectivity index (χ4v) is 3.01. The fourth-order valence-electron chi connectivity index (χ4n) is 3.01. The third kappa shape index (κ3) is 2.46. The number of fused-ring (bicyclic) bond motifs is 1. The van der Waals surface area contributed by atoms with Gasteiger partial charge in [0.05, 0.1) is 5.92 Å². The van der Waals surface area contributed by atoms with Gasteiger partial charge in [0.25, 0.3) is 0 Å². The molecule has 0 saturated heterocycles. The topological polar surface area (TPSA) is 41.1 Å². The van der Waals surface area contributed by atoms with Crippen LogP contribution in [0.4, 0.5) is 5.69 Å². The Balaban J connectivity index is 1.65. The van der Waals surface area contributed by atoms with Crippen molar-refractivity contribution in [1.82, 2.24) is 5.32 Å². The number of carbonyl (C=O) groups is 1. The van der Waals surface area contributed by atoms with E-state index in [1.54, 1.807) is 0 Å². The van der Waals surface area contributed by atoms with Crippen molar-refractivity contribution in [3.8, 4) is 0 Å². The lowest BCUT2D eigenvalue weighted by atomic mass is 9.90. The normalized spacial score (nSPS) is 27.1. The summed E-state index contributed by atoms with van der Waals surface area (Å²) in [4.78, 5) is 12.4. The second-order valence-electron chi connectivity index (χ2n) is 6.49. The van der Waals surface area contributed by atoms with Crippen molar-refractivity contribution in [3.05, 3.63) is 29.8 Å². The van der Waals surface area contributed by atoms with Gasteiger partial charge in [-0.05, 0) is 35.8 Å². The highest BCUT2D eigenvalue weighted by molar-refractivity contribution is 5.86. The molecule has 3 nitrogen and oxygen atoms in total. The largest absolute Gasteiger partial charge is 0.385 e. The van der Waals surface area contributed by atoms with E-state index in [0.29, 0.717) is 11.3 Å². The van der Waals surface area contributed by atoms with Gasteiger partial charge in [-0.2, -0.15) is 0 Å². The smallest absolute Gasteiger partial charge is 0.227 e. The van der Waals surface area contributed by atoms with Crippen molar-refractivity contribution in [2.45, 2.75) is 32.6 Å². The van der Waals surface area contributed by atoms with Crippen LogP contribution in [0.5, 0.6) is 0 Å². The molecule has 1 aliphatic heterocycles. The van der Waals surface area contributed by atoms with Crippen molar-refractivity contribution in [1.29, 1.82) is 0 Å². The van der Waals surface area contributed by atoms with Crippen molar-refractivity contribution < 1.29 is 4.79 Å². The molecule has 1 aliphatic carbocycles. The van der Waals surface area contributed by atoms with Gasteiger partial charge in [0.2, 0.25) is 5.91 Å². The predicted molar refractivity (Wildman–Crippen MR) is 77.2 cm³/mol. The second-order valence-corrected chi connectivity index (χ2v) is 6.49. The van der Waals surface area contributed by atoms with E-state index in [0.717, 1.165) is 30.8 Å². The average Bonchev–Trinajstić information content (AvgIpc) is 3.03. The molecule has 0 spiro atoms. The first-order valence-corrected chi connectivity index (χ1v) is 7.18. The molecule has 1 fully saturated rings. The molecule has 1 saturated carbocycles. The maximum atomic E-state index is 12.4. The van der Waals surface area contributed by atoms with Gasteiger partial charge < -0.3 is 10.6 Å². The molecule has 0 radical (unpaired) electrons. The Labute approximate surface area is 114 Å². The Kier molecular flexibility index (Phi) is 3.00. The number of hydrogen-bond donors (Lipinski definition) is 2. The zero-order valence-corrected chi connectivity index (χ0v) is 11.7. The Morgan fingerprint density at radius 1 is 1.42 bits per heavy atom. The third-order valence-corrected chi connectivity index (χ3v) is 4.64. The van der Waals surface area contributed by atoms with Crippen LogP contribution in [0.25, 0.3) is 0 Å². The number of para-hydroxylation sites is 1. The Hall–Kier alpha value is -1.51. The van der Waals surface area contributed by atoms with Crippen molar-refractivity contribution in [2.24, 2.45) is 11.3 Å². The highest BCUT2D eigenvalue weighted by Gasteiger charge is 2.45. The van der Waals surface area contributed by atoms with Crippen LogP contribution in [0.1, 0.15) is 38.2 Å². The molecule has 19 heavy (non-hydrogen) atoms. The molecular formula is C16H22N2O. The lowest BCUT2D eigenvalue weighted by Crippen LogP contribution is -2.34. The Bertz CT molecular complexity index is 495. The number of anilines is 1. The summed E-state index contributed by atoms with van der Waals surface area (Å²) in [5, 5.41) is 6.50. The number of amides is 1. The molecule has 2 aliphatic rings. The van der Waals surface area contributed by atoms with Crippen LogP contribution in [0.15, 0.2) is 24.3 Å². The van der Waals surface area contributed by atoms with Gasteiger partial charge in [-0.15, -0.1) is 0 Å². The second kappa shape index (κ2) is 4.55. The van der Waals surface area contributed by atoms with Gasteiger partial charge in [0, 0.05) is 18.8 Å². The van der Waals surface area contributed by atoms with E-state index in [1.165, 1.54) is 6.42 Å².